The molecule has 0 spiro atoms. The van der Waals surface area contributed by atoms with E-state index in [4.69, 9.17) is 4.74 Å². The van der Waals surface area contributed by atoms with Crippen LogP contribution < -0.4 is 9.64 Å². The second-order valence-corrected chi connectivity index (χ2v) is 7.76. The summed E-state index contributed by atoms with van der Waals surface area (Å²) in [4.78, 5) is 25.4. The Morgan fingerprint density at radius 3 is 2.50 bits per heavy atom. The maximum Gasteiger partial charge on any atom is 0.265 e. The Bertz CT molecular complexity index is 849. The average Bonchev–Trinajstić information content (AvgIpc) is 2.62. The largest absolute Gasteiger partial charge is 0.482 e. The Balaban J connectivity index is 2.01. The number of aldehydes is 1. The molecule has 0 aromatic heterocycles. The first kappa shape index (κ1) is 18.2. The Morgan fingerprint density at radius 1 is 1.12 bits per heavy atom. The molecule has 1 heterocycles. The van der Waals surface area contributed by atoms with Crippen molar-refractivity contribution < 1.29 is 14.3 Å². The number of ether oxygens (including phenoxy) is 1. The first-order chi connectivity index (χ1) is 12.3. The molecule has 26 heavy (non-hydrogen) atoms. The van der Waals surface area contributed by atoms with E-state index in [1.807, 2.05) is 0 Å². The molecule has 1 aliphatic rings. The smallest absolute Gasteiger partial charge is 0.265 e. The number of aryl methyl sites for hydroxylation is 1. The molecule has 1 aliphatic heterocycles. The topological polar surface area (TPSA) is 46.6 Å². The highest BCUT2D eigenvalue weighted by Crippen LogP contribution is 2.34. The van der Waals surface area contributed by atoms with Gasteiger partial charge in [0.15, 0.2) is 6.61 Å². The van der Waals surface area contributed by atoms with Crippen molar-refractivity contribution in [2.75, 3.05) is 11.5 Å². The molecule has 0 saturated carbocycles. The third-order valence-electron chi connectivity index (χ3n) is 4.73. The highest BCUT2D eigenvalue weighted by Gasteiger charge is 2.26. The molecular weight excluding hydrogens is 326 g/mol. The molecule has 3 rings (SSSR count). The number of benzene rings is 2. The predicted molar refractivity (Wildman–Crippen MR) is 103 cm³/mol. The Morgan fingerprint density at radius 2 is 1.85 bits per heavy atom. The van der Waals surface area contributed by atoms with E-state index in [2.05, 4.69) is 45.9 Å². The summed E-state index contributed by atoms with van der Waals surface area (Å²) in [5, 5.41) is 0. The summed E-state index contributed by atoms with van der Waals surface area (Å²) in [5.74, 6) is 0.539. The molecule has 0 saturated heterocycles. The minimum absolute atomic E-state index is 0.0209. The van der Waals surface area contributed by atoms with Crippen LogP contribution in [-0.4, -0.2) is 18.8 Å². The molecule has 2 aromatic rings. The van der Waals surface area contributed by atoms with Gasteiger partial charge in [0.2, 0.25) is 0 Å². The first-order valence-electron chi connectivity index (χ1n) is 8.97. The van der Waals surface area contributed by atoms with Gasteiger partial charge in [0, 0.05) is 5.56 Å². The fraction of sp³-hybridized carbons (Fsp3) is 0.364. The van der Waals surface area contributed by atoms with Crippen LogP contribution in [0.3, 0.4) is 0 Å². The molecule has 0 atom stereocenters. The zero-order valence-corrected chi connectivity index (χ0v) is 15.8. The minimum Gasteiger partial charge on any atom is -0.482 e. The minimum atomic E-state index is -0.0974. The summed E-state index contributed by atoms with van der Waals surface area (Å²) >= 11 is 0. The number of carbonyl (C=O) groups is 2. The lowest BCUT2D eigenvalue weighted by atomic mass is 9.84. The zero-order chi connectivity index (χ0) is 18.9. The maximum atomic E-state index is 12.5. The van der Waals surface area contributed by atoms with E-state index >= 15 is 0 Å². The number of anilines is 1. The van der Waals surface area contributed by atoms with Gasteiger partial charge in [-0.15, -0.1) is 0 Å². The van der Waals surface area contributed by atoms with Crippen molar-refractivity contribution >= 4 is 17.9 Å². The van der Waals surface area contributed by atoms with Crippen LogP contribution in [0.25, 0.3) is 0 Å². The lowest BCUT2D eigenvalue weighted by Crippen LogP contribution is -2.38. The van der Waals surface area contributed by atoms with Crippen LogP contribution in [0.1, 0.15) is 54.7 Å². The van der Waals surface area contributed by atoms with Crippen LogP contribution in [0.15, 0.2) is 36.4 Å². The van der Waals surface area contributed by atoms with E-state index in [1.165, 1.54) is 11.1 Å². The van der Waals surface area contributed by atoms with Crippen LogP contribution in [0.5, 0.6) is 5.75 Å². The molecule has 4 nitrogen and oxygen atoms in total. The fourth-order valence-electron chi connectivity index (χ4n) is 3.14. The summed E-state index contributed by atoms with van der Waals surface area (Å²) in [5.41, 5.74) is 4.84. The van der Waals surface area contributed by atoms with Crippen LogP contribution in [0.4, 0.5) is 5.69 Å². The number of nitrogens with zero attached hydrogens (tertiary/aromatic N) is 1. The van der Waals surface area contributed by atoms with Crippen molar-refractivity contribution in [3.8, 4) is 5.75 Å². The van der Waals surface area contributed by atoms with Crippen molar-refractivity contribution in [2.45, 2.75) is 46.1 Å². The molecular formula is C22H25NO3. The van der Waals surface area contributed by atoms with E-state index in [0.29, 0.717) is 23.5 Å². The summed E-state index contributed by atoms with van der Waals surface area (Å²) in [6.45, 7) is 9.20. The summed E-state index contributed by atoms with van der Waals surface area (Å²) in [6, 6.07) is 11.7. The molecule has 0 bridgehead atoms. The number of hydrogen-bond donors (Lipinski definition) is 0. The molecule has 4 heteroatoms. The summed E-state index contributed by atoms with van der Waals surface area (Å²) in [7, 11) is 0. The van der Waals surface area contributed by atoms with Gasteiger partial charge >= 0.3 is 0 Å². The van der Waals surface area contributed by atoms with Gasteiger partial charge in [-0.3, -0.25) is 9.59 Å². The lowest BCUT2D eigenvalue weighted by molar-refractivity contribution is -0.121. The Labute approximate surface area is 154 Å². The third kappa shape index (κ3) is 3.64. The summed E-state index contributed by atoms with van der Waals surface area (Å²) in [6.07, 6.45) is 1.73. The highest BCUT2D eigenvalue weighted by atomic mass is 16.5. The van der Waals surface area contributed by atoms with E-state index < -0.39 is 0 Å². The van der Waals surface area contributed by atoms with Gasteiger partial charge in [0.05, 0.1) is 12.2 Å². The molecule has 2 aromatic carbocycles. The van der Waals surface area contributed by atoms with Crippen LogP contribution in [0.2, 0.25) is 0 Å². The van der Waals surface area contributed by atoms with E-state index in [1.54, 1.807) is 23.1 Å². The monoisotopic (exact) mass is 351 g/mol. The van der Waals surface area contributed by atoms with Crippen molar-refractivity contribution in [1.82, 2.24) is 0 Å². The Hall–Kier alpha value is -2.62. The van der Waals surface area contributed by atoms with Gasteiger partial charge < -0.3 is 9.64 Å². The van der Waals surface area contributed by atoms with Crippen molar-refractivity contribution in [1.29, 1.82) is 0 Å². The summed E-state index contributed by atoms with van der Waals surface area (Å²) < 4.78 is 5.52. The number of amides is 1. The first-order valence-corrected chi connectivity index (χ1v) is 8.97. The van der Waals surface area contributed by atoms with Crippen molar-refractivity contribution in [3.63, 3.8) is 0 Å². The molecule has 136 valence electrons. The molecule has 0 aliphatic carbocycles. The van der Waals surface area contributed by atoms with Gasteiger partial charge in [-0.25, -0.2) is 0 Å². The average molecular weight is 351 g/mol. The number of rotatable bonds is 4. The third-order valence-corrected chi connectivity index (χ3v) is 4.73. The molecule has 1 amide bonds. The van der Waals surface area contributed by atoms with Crippen molar-refractivity contribution in [2.24, 2.45) is 0 Å². The Kier molecular flexibility index (Phi) is 4.86. The fourth-order valence-corrected chi connectivity index (χ4v) is 3.14. The zero-order valence-electron chi connectivity index (χ0n) is 15.8. The van der Waals surface area contributed by atoms with Crippen LogP contribution >= 0.6 is 0 Å². The predicted octanol–water partition coefficient (Wildman–Crippen LogP) is 4.28. The SMILES string of the molecule is CCc1cc(CN2C(=O)COc3ccc(C=O)cc32)cc(C(C)(C)C)c1. The second kappa shape index (κ2) is 6.94. The van der Waals surface area contributed by atoms with Gasteiger partial charge in [0.1, 0.15) is 12.0 Å². The van der Waals surface area contributed by atoms with E-state index in [-0.39, 0.29) is 17.9 Å². The van der Waals surface area contributed by atoms with E-state index in [9.17, 15) is 9.59 Å². The number of fused-ring (bicyclic) bond motifs is 1. The van der Waals surface area contributed by atoms with Crippen LogP contribution in [-0.2, 0) is 23.2 Å². The molecule has 0 N–H and O–H groups in total. The maximum absolute atomic E-state index is 12.5. The number of carbonyl (C=O) groups excluding carboxylic acids is 2. The van der Waals surface area contributed by atoms with Gasteiger partial charge in [-0.1, -0.05) is 45.9 Å². The number of hydrogen-bond acceptors (Lipinski definition) is 3. The standard InChI is InChI=1S/C22H25NO3/c1-5-15-8-17(10-18(9-15)22(2,3)4)12-23-19-11-16(13-24)6-7-20(19)26-14-21(23)25/h6-11,13H,5,12,14H2,1-4H3. The van der Waals surface area contributed by atoms with Crippen LogP contribution in [0, 0.1) is 0 Å². The highest BCUT2D eigenvalue weighted by molar-refractivity contribution is 5.98. The van der Waals surface area contributed by atoms with Crippen molar-refractivity contribution in [3.05, 3.63) is 58.7 Å². The van der Waals surface area contributed by atoms with Gasteiger partial charge in [-0.05, 0) is 46.7 Å². The molecule has 0 fully saturated rings. The van der Waals surface area contributed by atoms with E-state index in [0.717, 1.165) is 18.3 Å². The van der Waals surface area contributed by atoms with Gasteiger partial charge in [0.25, 0.3) is 5.91 Å². The quantitative estimate of drug-likeness (QED) is 0.772. The second-order valence-electron chi connectivity index (χ2n) is 7.76. The molecule has 0 radical (unpaired) electrons. The molecule has 0 unspecified atom stereocenters. The lowest BCUT2D eigenvalue weighted by Gasteiger charge is -2.30. The normalized spacial score (nSPS) is 14.0. The van der Waals surface area contributed by atoms with Gasteiger partial charge in [-0.2, -0.15) is 0 Å².